The number of rotatable bonds is 8. The van der Waals surface area contributed by atoms with Crippen molar-refractivity contribution in [2.24, 2.45) is 0 Å². The number of aryl methyl sites for hydroxylation is 1. The van der Waals surface area contributed by atoms with E-state index in [4.69, 9.17) is 19.8 Å². The number of carbonyl (C=O) groups is 2. The van der Waals surface area contributed by atoms with E-state index in [1.54, 1.807) is 18.2 Å². The highest BCUT2D eigenvalue weighted by molar-refractivity contribution is 6.27. The molecule has 2 aromatic rings. The molecule has 0 aromatic heterocycles. The topological polar surface area (TPSA) is 168 Å². The lowest BCUT2D eigenvalue weighted by Crippen LogP contribution is -2.22. The zero-order valence-electron chi connectivity index (χ0n) is 15.7. The fourth-order valence-corrected chi connectivity index (χ4v) is 2.35. The van der Waals surface area contributed by atoms with Crippen LogP contribution in [0.15, 0.2) is 42.5 Å². The van der Waals surface area contributed by atoms with E-state index in [0.29, 0.717) is 12.1 Å². The van der Waals surface area contributed by atoms with Crippen LogP contribution in [0.2, 0.25) is 0 Å². The third-order valence-electron chi connectivity index (χ3n) is 3.91. The molecule has 0 amide bonds. The molecule has 0 spiro atoms. The Hall–Kier alpha value is -3.30. The van der Waals surface area contributed by atoms with Gasteiger partial charge in [-0.15, -0.1) is 0 Å². The summed E-state index contributed by atoms with van der Waals surface area (Å²) in [5, 5.41) is 55.9. The van der Waals surface area contributed by atoms with Crippen molar-refractivity contribution in [3.63, 3.8) is 0 Å². The minimum Gasteiger partial charge on any atom is -0.508 e. The average Bonchev–Trinajstić information content (AvgIpc) is 2.68. The normalized spacial score (nSPS) is 11.2. The number of aliphatic hydroxyl groups is 1. The van der Waals surface area contributed by atoms with Crippen molar-refractivity contribution in [3.8, 4) is 17.2 Å². The van der Waals surface area contributed by atoms with E-state index in [9.17, 15) is 20.4 Å². The number of nitrogens with one attached hydrogen (secondary N) is 1. The minimum absolute atomic E-state index is 0.192. The summed E-state index contributed by atoms with van der Waals surface area (Å²) in [7, 11) is 0. The predicted molar refractivity (Wildman–Crippen MR) is 104 cm³/mol. The van der Waals surface area contributed by atoms with Crippen LogP contribution < -0.4 is 5.32 Å². The van der Waals surface area contributed by atoms with Gasteiger partial charge in [0.25, 0.3) is 0 Å². The number of benzene rings is 2. The van der Waals surface area contributed by atoms with Crippen molar-refractivity contribution in [1.82, 2.24) is 5.32 Å². The van der Waals surface area contributed by atoms with Gasteiger partial charge in [-0.25, -0.2) is 9.59 Å². The van der Waals surface area contributed by atoms with Crippen molar-refractivity contribution in [2.75, 3.05) is 13.1 Å². The van der Waals surface area contributed by atoms with Crippen LogP contribution in [0.25, 0.3) is 0 Å². The molecular weight excluding hydrogens is 382 g/mol. The van der Waals surface area contributed by atoms with Crippen LogP contribution in [-0.4, -0.2) is 55.7 Å². The number of carboxylic acid groups (broad SMARTS) is 2. The Morgan fingerprint density at radius 2 is 1.48 bits per heavy atom. The van der Waals surface area contributed by atoms with Crippen LogP contribution in [0.3, 0.4) is 0 Å². The summed E-state index contributed by atoms with van der Waals surface area (Å²) in [6.45, 7) is 1.18. The molecule has 0 aliphatic rings. The first-order valence-electron chi connectivity index (χ1n) is 8.85. The van der Waals surface area contributed by atoms with Gasteiger partial charge in [-0.05, 0) is 61.2 Å². The third kappa shape index (κ3) is 9.45. The largest absolute Gasteiger partial charge is 0.508 e. The molecule has 0 fully saturated rings. The molecule has 1 atom stereocenters. The fraction of sp³-hybridized carbons (Fsp3) is 0.300. The summed E-state index contributed by atoms with van der Waals surface area (Å²) in [4.78, 5) is 18.2. The standard InChI is InChI=1S/C18H23NO4.C2H2O4/c20-15-7-4-13(5-8-15)3-1-2-10-19-12-18(23)14-6-9-16(21)17(22)11-14;3-1(4)2(5)6/h4-9,11,18-23H,1-3,10,12H2;(H,3,4)(H,5,6)/t18-;/m0./s1. The molecule has 0 aliphatic carbocycles. The van der Waals surface area contributed by atoms with Crippen LogP contribution in [0.1, 0.15) is 30.1 Å². The van der Waals surface area contributed by atoms with Crippen molar-refractivity contribution >= 4 is 11.9 Å². The number of aliphatic hydroxyl groups excluding tert-OH is 1. The lowest BCUT2D eigenvalue weighted by Gasteiger charge is -2.13. The number of hydrogen-bond acceptors (Lipinski definition) is 7. The van der Waals surface area contributed by atoms with Crippen LogP contribution in [-0.2, 0) is 16.0 Å². The quantitative estimate of drug-likeness (QED) is 0.195. The van der Waals surface area contributed by atoms with E-state index in [0.717, 1.165) is 25.8 Å². The first-order chi connectivity index (χ1) is 13.7. The van der Waals surface area contributed by atoms with Crippen LogP contribution >= 0.6 is 0 Å². The van der Waals surface area contributed by atoms with Gasteiger partial charge < -0.3 is 36.0 Å². The van der Waals surface area contributed by atoms with Crippen LogP contribution in [0, 0.1) is 0 Å². The Kier molecular flexibility index (Phi) is 10.00. The van der Waals surface area contributed by atoms with Gasteiger partial charge in [-0.1, -0.05) is 18.2 Å². The molecule has 2 rings (SSSR count). The highest BCUT2D eigenvalue weighted by Gasteiger charge is 2.09. The predicted octanol–water partition coefficient (Wildman–Crippen LogP) is 1.60. The molecule has 9 nitrogen and oxygen atoms in total. The van der Waals surface area contributed by atoms with Gasteiger partial charge in [0.05, 0.1) is 6.10 Å². The first-order valence-corrected chi connectivity index (χ1v) is 8.85. The summed E-state index contributed by atoms with van der Waals surface area (Å²) < 4.78 is 0. The molecule has 0 radical (unpaired) electrons. The smallest absolute Gasteiger partial charge is 0.414 e. The Morgan fingerprint density at radius 3 is 2.03 bits per heavy atom. The van der Waals surface area contributed by atoms with Gasteiger partial charge in [-0.2, -0.15) is 0 Å². The zero-order valence-corrected chi connectivity index (χ0v) is 15.7. The number of phenols is 3. The molecule has 2 aromatic carbocycles. The molecule has 0 unspecified atom stereocenters. The number of aromatic hydroxyl groups is 3. The molecule has 0 aliphatic heterocycles. The van der Waals surface area contributed by atoms with Crippen molar-refractivity contribution in [2.45, 2.75) is 25.4 Å². The maximum Gasteiger partial charge on any atom is 0.414 e. The van der Waals surface area contributed by atoms with E-state index in [1.165, 1.54) is 17.7 Å². The molecular formula is C20H25NO8. The summed E-state index contributed by atoms with van der Waals surface area (Å²) in [5.41, 5.74) is 1.76. The molecule has 158 valence electrons. The maximum atomic E-state index is 10.0. The Labute approximate surface area is 167 Å². The van der Waals surface area contributed by atoms with Crippen molar-refractivity contribution in [1.29, 1.82) is 0 Å². The second-order valence-electron chi connectivity index (χ2n) is 6.20. The summed E-state index contributed by atoms with van der Waals surface area (Å²) in [6, 6.07) is 11.5. The van der Waals surface area contributed by atoms with Gasteiger partial charge in [0, 0.05) is 6.54 Å². The molecule has 0 bridgehead atoms. The third-order valence-corrected chi connectivity index (χ3v) is 3.91. The molecule has 7 N–H and O–H groups in total. The van der Waals surface area contributed by atoms with Gasteiger partial charge in [0.15, 0.2) is 11.5 Å². The first kappa shape index (κ1) is 23.7. The van der Waals surface area contributed by atoms with Crippen LogP contribution in [0.4, 0.5) is 0 Å². The van der Waals surface area contributed by atoms with Gasteiger partial charge in [0.2, 0.25) is 0 Å². The van der Waals surface area contributed by atoms with E-state index in [-0.39, 0.29) is 17.2 Å². The fourth-order valence-electron chi connectivity index (χ4n) is 2.35. The number of hydrogen-bond donors (Lipinski definition) is 7. The molecule has 0 saturated heterocycles. The summed E-state index contributed by atoms with van der Waals surface area (Å²) in [6.07, 6.45) is 2.23. The van der Waals surface area contributed by atoms with Gasteiger partial charge in [0.1, 0.15) is 5.75 Å². The summed E-state index contributed by atoms with van der Waals surface area (Å²) in [5.74, 6) is -3.78. The second-order valence-corrected chi connectivity index (χ2v) is 6.20. The average molecular weight is 407 g/mol. The highest BCUT2D eigenvalue weighted by atomic mass is 16.4. The zero-order chi connectivity index (χ0) is 21.8. The SMILES string of the molecule is O=C(O)C(=O)O.Oc1ccc(CCCCNC[C@H](O)c2ccc(O)c(O)c2)cc1. The van der Waals surface area contributed by atoms with E-state index in [2.05, 4.69) is 5.32 Å². The lowest BCUT2D eigenvalue weighted by molar-refractivity contribution is -0.159. The monoisotopic (exact) mass is 407 g/mol. The lowest BCUT2D eigenvalue weighted by atomic mass is 10.1. The molecule has 29 heavy (non-hydrogen) atoms. The van der Waals surface area contributed by atoms with E-state index >= 15 is 0 Å². The molecule has 0 heterocycles. The van der Waals surface area contributed by atoms with Crippen molar-refractivity contribution < 1.29 is 40.2 Å². The highest BCUT2D eigenvalue weighted by Crippen LogP contribution is 2.27. The van der Waals surface area contributed by atoms with E-state index in [1.807, 2.05) is 12.1 Å². The number of unbranched alkanes of at least 4 members (excludes halogenated alkanes) is 1. The second kappa shape index (κ2) is 12.2. The maximum absolute atomic E-state index is 10.0. The van der Waals surface area contributed by atoms with Gasteiger partial charge in [-0.3, -0.25) is 0 Å². The van der Waals surface area contributed by atoms with Crippen molar-refractivity contribution in [3.05, 3.63) is 53.6 Å². The number of carboxylic acids is 2. The Balaban J connectivity index is 0.000000612. The molecule has 0 saturated carbocycles. The molecule has 9 heteroatoms. The van der Waals surface area contributed by atoms with Crippen LogP contribution in [0.5, 0.6) is 17.2 Å². The van der Waals surface area contributed by atoms with E-state index < -0.39 is 18.0 Å². The summed E-state index contributed by atoms with van der Waals surface area (Å²) >= 11 is 0. The number of phenolic OH excluding ortho intramolecular Hbond substituents is 3. The van der Waals surface area contributed by atoms with Gasteiger partial charge >= 0.3 is 11.9 Å². The Morgan fingerprint density at radius 1 is 0.862 bits per heavy atom. The Bertz CT molecular complexity index is 780. The number of aliphatic carboxylic acids is 2. The minimum atomic E-state index is -1.82.